The van der Waals surface area contributed by atoms with E-state index in [1.54, 1.807) is 11.9 Å². The molecule has 2 amide bonds. The van der Waals surface area contributed by atoms with Crippen LogP contribution in [-0.4, -0.2) is 60.8 Å². The molecule has 3 rings (SSSR count). The van der Waals surface area contributed by atoms with E-state index in [-0.39, 0.29) is 24.7 Å². The predicted molar refractivity (Wildman–Crippen MR) is 90.0 cm³/mol. The van der Waals surface area contributed by atoms with Gasteiger partial charge in [0.05, 0.1) is 6.42 Å². The molecule has 0 aliphatic carbocycles. The van der Waals surface area contributed by atoms with Gasteiger partial charge in [-0.2, -0.15) is 0 Å². The number of likely N-dealkylation sites (tertiary alicyclic amines) is 1. The van der Waals surface area contributed by atoms with Gasteiger partial charge in [0.2, 0.25) is 11.8 Å². The topological polar surface area (TPSA) is 74.8 Å². The number of carbonyl (C=O) groups excluding carboxylic acids is 2. The summed E-state index contributed by atoms with van der Waals surface area (Å²) in [4.78, 5) is 26.3. The Morgan fingerprint density at radius 1 is 1.25 bits per heavy atom. The molecule has 0 radical (unpaired) electrons. The third kappa shape index (κ3) is 2.70. The molecule has 6 nitrogen and oxygen atoms in total. The molecule has 0 bridgehead atoms. The maximum Gasteiger partial charge on any atom is 0.238 e. The van der Waals surface area contributed by atoms with Crippen LogP contribution in [0.15, 0.2) is 24.3 Å². The lowest BCUT2D eigenvalue weighted by molar-refractivity contribution is -0.134. The molecule has 1 aromatic carbocycles. The summed E-state index contributed by atoms with van der Waals surface area (Å²) in [5, 5.41) is 0. The van der Waals surface area contributed by atoms with Gasteiger partial charge in [-0.15, -0.1) is 0 Å². The third-order valence-corrected chi connectivity index (χ3v) is 7.68. The van der Waals surface area contributed by atoms with E-state index in [4.69, 9.17) is 0 Å². The first kappa shape index (κ1) is 17.0. The van der Waals surface area contributed by atoms with Crippen molar-refractivity contribution in [2.45, 2.75) is 31.1 Å². The molecule has 0 aromatic heterocycles. The molecule has 2 heterocycles. The third-order valence-electron chi connectivity index (χ3n) is 5.21. The molecular weight excluding hydrogens is 328 g/mol. The highest BCUT2D eigenvalue weighted by Gasteiger charge is 2.56. The Hall–Kier alpha value is -1.89. The summed E-state index contributed by atoms with van der Waals surface area (Å²) in [6, 6.07) is 7.81. The van der Waals surface area contributed by atoms with E-state index >= 15 is 0 Å². The maximum absolute atomic E-state index is 12.5. The summed E-state index contributed by atoms with van der Waals surface area (Å²) in [5.41, 5.74) is 2.07. The number of sulfone groups is 1. The first-order chi connectivity index (χ1) is 11.2. The second kappa shape index (κ2) is 5.88. The summed E-state index contributed by atoms with van der Waals surface area (Å²) < 4.78 is 24.8. The molecule has 2 fully saturated rings. The van der Waals surface area contributed by atoms with Gasteiger partial charge in [-0.1, -0.05) is 29.8 Å². The van der Waals surface area contributed by atoms with Crippen LogP contribution in [0, 0.1) is 6.92 Å². The minimum absolute atomic E-state index is 0.000163. The van der Waals surface area contributed by atoms with Crippen LogP contribution in [0.25, 0.3) is 0 Å². The van der Waals surface area contributed by atoms with Crippen LogP contribution in [0.1, 0.15) is 24.0 Å². The standard InChI is InChI=1S/C17H22N2O4S/c1-13-4-3-5-14(10-13)11-15(20)19-8-6-17(7-9-19)18(2)16(21)12-24(17,22)23/h3-5,10H,6-9,11-12H2,1-2H3. The molecule has 0 unspecified atom stereocenters. The van der Waals surface area contributed by atoms with E-state index in [0.29, 0.717) is 19.5 Å². The van der Waals surface area contributed by atoms with Gasteiger partial charge in [0.15, 0.2) is 9.84 Å². The first-order valence-electron chi connectivity index (χ1n) is 8.07. The normalized spacial score (nSPS) is 22.2. The number of piperidine rings is 1. The van der Waals surface area contributed by atoms with Crippen LogP contribution < -0.4 is 0 Å². The fourth-order valence-electron chi connectivity index (χ4n) is 3.69. The number of hydrogen-bond acceptors (Lipinski definition) is 4. The van der Waals surface area contributed by atoms with Crippen molar-refractivity contribution in [1.82, 2.24) is 9.80 Å². The van der Waals surface area contributed by atoms with Crippen LogP contribution in [0.3, 0.4) is 0 Å². The number of nitrogens with zero attached hydrogens (tertiary/aromatic N) is 2. The van der Waals surface area contributed by atoms with Gasteiger partial charge in [-0.05, 0) is 12.5 Å². The number of aryl methyl sites for hydroxylation is 1. The van der Waals surface area contributed by atoms with Crippen LogP contribution in [0.2, 0.25) is 0 Å². The second-order valence-electron chi connectivity index (χ2n) is 6.70. The van der Waals surface area contributed by atoms with E-state index < -0.39 is 20.5 Å². The molecule has 0 saturated carbocycles. The van der Waals surface area contributed by atoms with Crippen molar-refractivity contribution in [2.75, 3.05) is 25.9 Å². The Kier molecular flexibility index (Phi) is 4.15. The lowest BCUT2D eigenvalue weighted by atomic mass is 10.0. The van der Waals surface area contributed by atoms with E-state index in [9.17, 15) is 18.0 Å². The molecule has 1 aromatic rings. The van der Waals surface area contributed by atoms with E-state index in [1.165, 1.54) is 4.90 Å². The zero-order valence-corrected chi connectivity index (χ0v) is 14.8. The minimum Gasteiger partial charge on any atom is -0.342 e. The fourth-order valence-corrected chi connectivity index (χ4v) is 5.80. The van der Waals surface area contributed by atoms with Gasteiger partial charge in [0.25, 0.3) is 0 Å². The van der Waals surface area contributed by atoms with Gasteiger partial charge in [0, 0.05) is 33.0 Å². The lowest BCUT2D eigenvalue weighted by Gasteiger charge is -2.42. The molecule has 2 aliphatic heterocycles. The summed E-state index contributed by atoms with van der Waals surface area (Å²) in [6.45, 7) is 2.71. The Balaban J connectivity index is 1.69. The second-order valence-corrected chi connectivity index (χ2v) is 8.98. The molecule has 130 valence electrons. The van der Waals surface area contributed by atoms with Crippen LogP contribution in [0.4, 0.5) is 0 Å². The van der Waals surface area contributed by atoms with Crippen molar-refractivity contribution in [3.8, 4) is 0 Å². The SMILES string of the molecule is Cc1cccc(CC(=O)N2CCC3(CC2)N(C)C(=O)CS3(=O)=O)c1. The highest BCUT2D eigenvalue weighted by molar-refractivity contribution is 7.93. The van der Waals surface area contributed by atoms with Gasteiger partial charge in [-0.3, -0.25) is 9.59 Å². The number of amides is 2. The van der Waals surface area contributed by atoms with Gasteiger partial charge in [-0.25, -0.2) is 8.42 Å². The lowest BCUT2D eigenvalue weighted by Crippen LogP contribution is -2.55. The van der Waals surface area contributed by atoms with Crippen molar-refractivity contribution in [1.29, 1.82) is 0 Å². The molecule has 0 N–H and O–H groups in total. The maximum atomic E-state index is 12.5. The molecular formula is C17H22N2O4S. The molecule has 2 saturated heterocycles. The van der Waals surface area contributed by atoms with E-state index in [0.717, 1.165) is 11.1 Å². The molecule has 7 heteroatoms. The first-order valence-corrected chi connectivity index (χ1v) is 9.73. The highest BCUT2D eigenvalue weighted by Crippen LogP contribution is 2.38. The zero-order valence-electron chi connectivity index (χ0n) is 14.0. The Bertz CT molecular complexity index is 780. The largest absolute Gasteiger partial charge is 0.342 e. The Morgan fingerprint density at radius 2 is 1.92 bits per heavy atom. The van der Waals surface area contributed by atoms with Gasteiger partial charge < -0.3 is 9.80 Å². The van der Waals surface area contributed by atoms with Crippen LogP contribution >= 0.6 is 0 Å². The van der Waals surface area contributed by atoms with Crippen molar-refractivity contribution < 1.29 is 18.0 Å². The van der Waals surface area contributed by atoms with Crippen molar-refractivity contribution in [2.24, 2.45) is 0 Å². The number of carbonyl (C=O) groups is 2. The summed E-state index contributed by atoms with van der Waals surface area (Å²) >= 11 is 0. The number of hydrogen-bond donors (Lipinski definition) is 0. The predicted octanol–water partition coefficient (Wildman–Crippen LogP) is 0.743. The summed E-state index contributed by atoms with van der Waals surface area (Å²) in [6.07, 6.45) is 0.893. The molecule has 2 aliphatic rings. The molecule has 24 heavy (non-hydrogen) atoms. The Labute approximate surface area is 142 Å². The highest BCUT2D eigenvalue weighted by atomic mass is 32.2. The van der Waals surface area contributed by atoms with Crippen LogP contribution in [0.5, 0.6) is 0 Å². The van der Waals surface area contributed by atoms with Crippen LogP contribution in [-0.2, 0) is 25.8 Å². The quantitative estimate of drug-likeness (QED) is 0.789. The minimum atomic E-state index is -3.48. The average molecular weight is 350 g/mol. The van der Waals surface area contributed by atoms with Gasteiger partial charge in [0.1, 0.15) is 10.6 Å². The molecule has 1 spiro atoms. The summed E-state index contributed by atoms with van der Waals surface area (Å²) in [5.74, 6) is -0.768. The number of benzene rings is 1. The van der Waals surface area contributed by atoms with E-state index in [1.807, 2.05) is 31.2 Å². The van der Waals surface area contributed by atoms with Crippen molar-refractivity contribution >= 4 is 21.7 Å². The average Bonchev–Trinajstić information content (AvgIpc) is 2.68. The zero-order chi connectivity index (χ0) is 17.5. The van der Waals surface area contributed by atoms with E-state index in [2.05, 4.69) is 0 Å². The Morgan fingerprint density at radius 3 is 2.46 bits per heavy atom. The summed E-state index contributed by atoms with van der Waals surface area (Å²) in [7, 11) is -1.93. The monoisotopic (exact) mass is 350 g/mol. The molecule has 0 atom stereocenters. The smallest absolute Gasteiger partial charge is 0.238 e. The van der Waals surface area contributed by atoms with Crippen molar-refractivity contribution in [3.63, 3.8) is 0 Å². The fraction of sp³-hybridized carbons (Fsp3) is 0.529. The number of rotatable bonds is 2. The van der Waals surface area contributed by atoms with Gasteiger partial charge >= 0.3 is 0 Å². The van der Waals surface area contributed by atoms with Crippen molar-refractivity contribution in [3.05, 3.63) is 35.4 Å².